The van der Waals surface area contributed by atoms with E-state index in [1.807, 2.05) is 0 Å². The highest BCUT2D eigenvalue weighted by Crippen LogP contribution is 2.21. The Balaban J connectivity index is 3.12. The van der Waals surface area contributed by atoms with Crippen molar-refractivity contribution in [3.8, 4) is 0 Å². The highest BCUT2D eigenvalue weighted by Gasteiger charge is 2.08. The molecule has 0 aromatic heterocycles. The first kappa shape index (κ1) is 12.2. The first-order chi connectivity index (χ1) is 5.42. The van der Waals surface area contributed by atoms with Gasteiger partial charge in [0.15, 0.2) is 9.04 Å². The van der Waals surface area contributed by atoms with Crippen molar-refractivity contribution >= 4 is 9.04 Å². The monoisotopic (exact) mass is 188 g/mol. The molecular formula is C10H24OSi. The highest BCUT2D eigenvalue weighted by molar-refractivity contribution is 6.48. The van der Waals surface area contributed by atoms with Crippen LogP contribution < -0.4 is 0 Å². The van der Waals surface area contributed by atoms with Crippen molar-refractivity contribution < 1.29 is 4.43 Å². The van der Waals surface area contributed by atoms with Gasteiger partial charge in [-0.15, -0.1) is 0 Å². The molecular weight excluding hydrogens is 164 g/mol. The van der Waals surface area contributed by atoms with Crippen molar-refractivity contribution in [1.82, 2.24) is 0 Å². The van der Waals surface area contributed by atoms with E-state index in [-0.39, 0.29) is 0 Å². The molecule has 0 heterocycles. The summed E-state index contributed by atoms with van der Waals surface area (Å²) in [5.41, 5.74) is 0.495. The van der Waals surface area contributed by atoms with Gasteiger partial charge in [-0.1, -0.05) is 27.2 Å². The second-order valence-corrected chi connectivity index (χ2v) is 7.37. The van der Waals surface area contributed by atoms with Crippen LogP contribution in [0.1, 0.15) is 40.0 Å². The van der Waals surface area contributed by atoms with Gasteiger partial charge in [-0.05, 0) is 31.4 Å². The SMILES string of the molecule is C[SiH](C)OCCCCC(C)(C)C. The van der Waals surface area contributed by atoms with Crippen molar-refractivity contribution in [3.05, 3.63) is 0 Å². The zero-order chi connectivity index (χ0) is 9.61. The van der Waals surface area contributed by atoms with Gasteiger partial charge < -0.3 is 4.43 Å². The van der Waals surface area contributed by atoms with Gasteiger partial charge in [0.05, 0.1) is 0 Å². The van der Waals surface area contributed by atoms with Crippen LogP contribution in [0.5, 0.6) is 0 Å². The third-order valence-electron chi connectivity index (χ3n) is 1.77. The smallest absolute Gasteiger partial charge is 0.170 e. The van der Waals surface area contributed by atoms with Gasteiger partial charge in [-0.3, -0.25) is 0 Å². The maximum Gasteiger partial charge on any atom is 0.170 e. The van der Waals surface area contributed by atoms with E-state index in [1.54, 1.807) is 0 Å². The third kappa shape index (κ3) is 10.2. The number of rotatable bonds is 5. The van der Waals surface area contributed by atoms with Gasteiger partial charge >= 0.3 is 0 Å². The van der Waals surface area contributed by atoms with E-state index < -0.39 is 9.04 Å². The second-order valence-electron chi connectivity index (χ2n) is 4.94. The van der Waals surface area contributed by atoms with Crippen LogP contribution in [-0.4, -0.2) is 15.6 Å². The quantitative estimate of drug-likeness (QED) is 0.475. The van der Waals surface area contributed by atoms with Crippen LogP contribution in [0.25, 0.3) is 0 Å². The molecule has 0 saturated carbocycles. The summed E-state index contributed by atoms with van der Waals surface area (Å²) >= 11 is 0. The standard InChI is InChI=1S/C10H24OSi/c1-10(2,3)8-6-7-9-11-12(4)5/h12H,6-9H2,1-5H3. The van der Waals surface area contributed by atoms with Crippen LogP contribution >= 0.6 is 0 Å². The van der Waals surface area contributed by atoms with Gasteiger partial charge in [0, 0.05) is 6.61 Å². The molecule has 12 heavy (non-hydrogen) atoms. The molecule has 0 unspecified atom stereocenters. The molecule has 1 nitrogen and oxygen atoms in total. The van der Waals surface area contributed by atoms with E-state index in [9.17, 15) is 0 Å². The van der Waals surface area contributed by atoms with Crippen molar-refractivity contribution in [3.63, 3.8) is 0 Å². The Morgan fingerprint density at radius 1 is 1.08 bits per heavy atom. The Bertz CT molecular complexity index is 105. The lowest BCUT2D eigenvalue weighted by atomic mass is 9.90. The van der Waals surface area contributed by atoms with Crippen LogP contribution in [0.2, 0.25) is 13.1 Å². The summed E-state index contributed by atoms with van der Waals surface area (Å²) in [6.07, 6.45) is 3.86. The van der Waals surface area contributed by atoms with Crippen molar-refractivity contribution in [2.24, 2.45) is 5.41 Å². The molecule has 0 aliphatic carbocycles. The molecule has 0 radical (unpaired) electrons. The summed E-state index contributed by atoms with van der Waals surface area (Å²) in [6.45, 7) is 12.3. The fourth-order valence-corrected chi connectivity index (χ4v) is 1.71. The highest BCUT2D eigenvalue weighted by atomic mass is 28.3. The summed E-state index contributed by atoms with van der Waals surface area (Å²) in [4.78, 5) is 0. The average Bonchev–Trinajstić information content (AvgIpc) is 1.83. The molecule has 74 valence electrons. The van der Waals surface area contributed by atoms with E-state index in [4.69, 9.17) is 4.43 Å². The Morgan fingerprint density at radius 3 is 2.08 bits per heavy atom. The first-order valence-corrected chi connectivity index (χ1v) is 7.81. The zero-order valence-corrected chi connectivity index (χ0v) is 10.5. The number of hydrogen-bond donors (Lipinski definition) is 0. The minimum atomic E-state index is -0.755. The Kier molecular flexibility index (Phi) is 5.84. The van der Waals surface area contributed by atoms with Crippen LogP contribution in [0.4, 0.5) is 0 Å². The molecule has 0 amide bonds. The van der Waals surface area contributed by atoms with Crippen LogP contribution in [-0.2, 0) is 4.43 Å². The predicted molar refractivity (Wildman–Crippen MR) is 58.1 cm³/mol. The van der Waals surface area contributed by atoms with E-state index in [1.165, 1.54) is 19.3 Å². The molecule has 0 atom stereocenters. The molecule has 0 saturated heterocycles. The fourth-order valence-electron chi connectivity index (χ4n) is 1.08. The summed E-state index contributed by atoms with van der Waals surface area (Å²) in [5.74, 6) is 0. The van der Waals surface area contributed by atoms with Gasteiger partial charge in [-0.25, -0.2) is 0 Å². The molecule has 0 rings (SSSR count). The largest absolute Gasteiger partial charge is 0.421 e. The minimum Gasteiger partial charge on any atom is -0.421 e. The first-order valence-electron chi connectivity index (χ1n) is 5.03. The molecule has 0 aliphatic heterocycles. The van der Waals surface area contributed by atoms with E-state index in [0.29, 0.717) is 5.41 Å². The van der Waals surface area contributed by atoms with E-state index in [0.717, 1.165) is 6.61 Å². The fraction of sp³-hybridized carbons (Fsp3) is 1.00. The van der Waals surface area contributed by atoms with E-state index >= 15 is 0 Å². The summed E-state index contributed by atoms with van der Waals surface area (Å²) in [5, 5.41) is 0. The Hall–Kier alpha value is 0.177. The summed E-state index contributed by atoms with van der Waals surface area (Å²) in [7, 11) is -0.755. The summed E-state index contributed by atoms with van der Waals surface area (Å²) < 4.78 is 5.60. The normalized spacial score (nSPS) is 12.5. The van der Waals surface area contributed by atoms with E-state index in [2.05, 4.69) is 33.9 Å². The number of hydrogen-bond acceptors (Lipinski definition) is 1. The molecule has 0 aromatic rings. The Morgan fingerprint density at radius 2 is 1.67 bits per heavy atom. The molecule has 0 aliphatic rings. The van der Waals surface area contributed by atoms with Crippen LogP contribution in [0, 0.1) is 5.41 Å². The van der Waals surface area contributed by atoms with Gasteiger partial charge in [-0.2, -0.15) is 0 Å². The van der Waals surface area contributed by atoms with Crippen molar-refractivity contribution in [2.45, 2.75) is 53.1 Å². The zero-order valence-electron chi connectivity index (χ0n) is 9.31. The second kappa shape index (κ2) is 5.76. The molecule has 0 spiro atoms. The minimum absolute atomic E-state index is 0.495. The molecule has 0 fully saturated rings. The molecule has 2 heteroatoms. The topological polar surface area (TPSA) is 9.23 Å². The Labute approximate surface area is 79.2 Å². The number of unbranched alkanes of at least 4 members (excludes halogenated alkanes) is 1. The lowest BCUT2D eigenvalue weighted by Gasteiger charge is -2.17. The lowest BCUT2D eigenvalue weighted by Crippen LogP contribution is -2.10. The third-order valence-corrected chi connectivity index (χ3v) is 2.67. The van der Waals surface area contributed by atoms with Gasteiger partial charge in [0.25, 0.3) is 0 Å². The maximum atomic E-state index is 5.60. The van der Waals surface area contributed by atoms with Gasteiger partial charge in [0.1, 0.15) is 0 Å². The molecule has 0 N–H and O–H groups in total. The summed E-state index contributed by atoms with van der Waals surface area (Å²) in [6, 6.07) is 0. The maximum absolute atomic E-state index is 5.60. The lowest BCUT2D eigenvalue weighted by molar-refractivity contribution is 0.290. The van der Waals surface area contributed by atoms with Crippen molar-refractivity contribution in [1.29, 1.82) is 0 Å². The van der Waals surface area contributed by atoms with Crippen molar-refractivity contribution in [2.75, 3.05) is 6.61 Å². The average molecular weight is 188 g/mol. The van der Waals surface area contributed by atoms with Gasteiger partial charge in [0.2, 0.25) is 0 Å². The van der Waals surface area contributed by atoms with Crippen LogP contribution in [0.15, 0.2) is 0 Å². The van der Waals surface area contributed by atoms with Crippen LogP contribution in [0.3, 0.4) is 0 Å². The molecule has 0 aromatic carbocycles. The predicted octanol–water partition coefficient (Wildman–Crippen LogP) is 3.20. The molecule has 0 bridgehead atoms.